The van der Waals surface area contributed by atoms with Gasteiger partial charge in [-0.2, -0.15) is 0 Å². The Morgan fingerprint density at radius 3 is 2.04 bits per heavy atom. The molecule has 2 aromatic rings. The second kappa shape index (κ2) is 8.19. The van der Waals surface area contributed by atoms with E-state index in [1.807, 2.05) is 6.92 Å². The van der Waals surface area contributed by atoms with E-state index < -0.39 is 11.9 Å². The third kappa shape index (κ3) is 4.09. The SMILES string of the molecule is CCC(C(=O)O)c1ccc(NC(=O)c2c(OC)cccc2OC)cc1. The Hall–Kier alpha value is -3.02. The minimum Gasteiger partial charge on any atom is -0.496 e. The lowest BCUT2D eigenvalue weighted by Gasteiger charge is -2.14. The summed E-state index contributed by atoms with van der Waals surface area (Å²) in [6.45, 7) is 1.82. The monoisotopic (exact) mass is 343 g/mol. The quantitative estimate of drug-likeness (QED) is 0.803. The van der Waals surface area contributed by atoms with Crippen molar-refractivity contribution in [1.82, 2.24) is 0 Å². The number of amides is 1. The number of rotatable bonds is 7. The zero-order valence-electron chi connectivity index (χ0n) is 14.4. The zero-order valence-corrected chi connectivity index (χ0v) is 14.4. The highest BCUT2D eigenvalue weighted by atomic mass is 16.5. The highest BCUT2D eigenvalue weighted by Crippen LogP contribution is 2.29. The normalized spacial score (nSPS) is 11.5. The Morgan fingerprint density at radius 2 is 1.60 bits per heavy atom. The number of carbonyl (C=O) groups excluding carboxylic acids is 1. The van der Waals surface area contributed by atoms with Crippen LogP contribution in [-0.4, -0.2) is 31.2 Å². The van der Waals surface area contributed by atoms with Gasteiger partial charge in [-0.05, 0) is 36.2 Å². The third-order valence-electron chi connectivity index (χ3n) is 3.93. The van der Waals surface area contributed by atoms with Crippen molar-refractivity contribution in [1.29, 1.82) is 0 Å². The van der Waals surface area contributed by atoms with E-state index in [1.165, 1.54) is 14.2 Å². The zero-order chi connectivity index (χ0) is 18.4. The summed E-state index contributed by atoms with van der Waals surface area (Å²) in [6.07, 6.45) is 0.499. The van der Waals surface area contributed by atoms with E-state index in [0.29, 0.717) is 34.7 Å². The molecule has 0 aromatic heterocycles. The van der Waals surface area contributed by atoms with Gasteiger partial charge < -0.3 is 19.9 Å². The van der Waals surface area contributed by atoms with Crippen molar-refractivity contribution < 1.29 is 24.2 Å². The molecule has 0 aliphatic carbocycles. The van der Waals surface area contributed by atoms with Crippen LogP contribution in [0.5, 0.6) is 11.5 Å². The Balaban J connectivity index is 2.23. The fourth-order valence-corrected chi connectivity index (χ4v) is 2.62. The Kier molecular flexibility index (Phi) is 6.00. The predicted octanol–water partition coefficient (Wildman–Crippen LogP) is 3.53. The van der Waals surface area contributed by atoms with E-state index in [0.717, 1.165) is 0 Å². The first kappa shape index (κ1) is 18.3. The molecular formula is C19H21NO5. The second-order valence-electron chi connectivity index (χ2n) is 5.41. The Morgan fingerprint density at radius 1 is 1.04 bits per heavy atom. The number of carboxylic acid groups (broad SMARTS) is 1. The van der Waals surface area contributed by atoms with E-state index in [-0.39, 0.29) is 5.91 Å². The maximum Gasteiger partial charge on any atom is 0.310 e. The molecule has 1 amide bonds. The predicted molar refractivity (Wildman–Crippen MR) is 94.6 cm³/mol. The number of methoxy groups -OCH3 is 2. The molecule has 0 spiro atoms. The van der Waals surface area contributed by atoms with E-state index in [2.05, 4.69) is 5.32 Å². The summed E-state index contributed by atoms with van der Waals surface area (Å²) in [5.74, 6) is -0.972. The van der Waals surface area contributed by atoms with Gasteiger partial charge in [-0.15, -0.1) is 0 Å². The number of carbonyl (C=O) groups is 2. The number of nitrogens with one attached hydrogen (secondary N) is 1. The summed E-state index contributed by atoms with van der Waals surface area (Å²) in [6, 6.07) is 11.9. The van der Waals surface area contributed by atoms with Gasteiger partial charge in [0.05, 0.1) is 20.1 Å². The number of anilines is 1. The van der Waals surface area contributed by atoms with Crippen LogP contribution >= 0.6 is 0 Å². The van der Waals surface area contributed by atoms with E-state index in [9.17, 15) is 14.7 Å². The molecule has 2 rings (SSSR count). The standard InChI is InChI=1S/C19H21NO5/c1-4-14(19(22)23)12-8-10-13(11-9-12)20-18(21)17-15(24-2)6-5-7-16(17)25-3/h5-11,14H,4H2,1-3H3,(H,20,21)(H,22,23). The van der Waals surface area contributed by atoms with Crippen LogP contribution in [0, 0.1) is 0 Å². The summed E-state index contributed by atoms with van der Waals surface area (Å²) < 4.78 is 10.5. The minimum absolute atomic E-state index is 0.300. The van der Waals surface area contributed by atoms with Crippen LogP contribution in [0.1, 0.15) is 35.2 Å². The van der Waals surface area contributed by atoms with Gasteiger partial charge in [-0.1, -0.05) is 25.1 Å². The number of benzene rings is 2. The molecule has 0 radical (unpaired) electrons. The lowest BCUT2D eigenvalue weighted by atomic mass is 9.96. The molecule has 0 saturated heterocycles. The lowest BCUT2D eigenvalue weighted by Crippen LogP contribution is -2.15. The van der Waals surface area contributed by atoms with Crippen molar-refractivity contribution in [2.45, 2.75) is 19.3 Å². The molecule has 6 nitrogen and oxygen atoms in total. The molecule has 0 saturated carbocycles. The van der Waals surface area contributed by atoms with Crippen LogP contribution in [0.15, 0.2) is 42.5 Å². The first-order chi connectivity index (χ1) is 12.0. The molecule has 2 N–H and O–H groups in total. The molecule has 25 heavy (non-hydrogen) atoms. The van der Waals surface area contributed by atoms with Crippen molar-refractivity contribution in [3.05, 3.63) is 53.6 Å². The van der Waals surface area contributed by atoms with Gasteiger partial charge in [0, 0.05) is 5.69 Å². The van der Waals surface area contributed by atoms with Crippen LogP contribution in [0.25, 0.3) is 0 Å². The van der Waals surface area contributed by atoms with E-state index >= 15 is 0 Å². The number of ether oxygens (including phenoxy) is 2. The summed E-state index contributed by atoms with van der Waals surface area (Å²) in [5, 5.41) is 12.0. The van der Waals surface area contributed by atoms with Crippen LogP contribution in [0.3, 0.4) is 0 Å². The molecule has 0 bridgehead atoms. The van der Waals surface area contributed by atoms with Crippen molar-refractivity contribution in [2.24, 2.45) is 0 Å². The van der Waals surface area contributed by atoms with Gasteiger partial charge >= 0.3 is 5.97 Å². The Bertz CT molecular complexity index is 733. The smallest absolute Gasteiger partial charge is 0.310 e. The lowest BCUT2D eigenvalue weighted by molar-refractivity contribution is -0.138. The van der Waals surface area contributed by atoms with Gasteiger partial charge in [0.25, 0.3) is 5.91 Å². The third-order valence-corrected chi connectivity index (χ3v) is 3.93. The molecule has 0 aliphatic heterocycles. The van der Waals surface area contributed by atoms with Crippen molar-refractivity contribution >= 4 is 17.6 Å². The van der Waals surface area contributed by atoms with Crippen molar-refractivity contribution in [3.63, 3.8) is 0 Å². The van der Waals surface area contributed by atoms with E-state index in [4.69, 9.17) is 9.47 Å². The summed E-state index contributed by atoms with van der Waals surface area (Å²) >= 11 is 0. The molecule has 0 aliphatic rings. The summed E-state index contributed by atoms with van der Waals surface area (Å²) in [5.41, 5.74) is 1.55. The molecule has 132 valence electrons. The maximum absolute atomic E-state index is 12.6. The molecule has 0 fully saturated rings. The maximum atomic E-state index is 12.6. The van der Waals surface area contributed by atoms with Gasteiger partial charge in [0.2, 0.25) is 0 Å². The summed E-state index contributed by atoms with van der Waals surface area (Å²) in [4.78, 5) is 23.8. The van der Waals surface area contributed by atoms with Crippen molar-refractivity contribution in [3.8, 4) is 11.5 Å². The highest BCUT2D eigenvalue weighted by molar-refractivity contribution is 6.08. The molecular weight excluding hydrogens is 322 g/mol. The van der Waals surface area contributed by atoms with Crippen LogP contribution in [-0.2, 0) is 4.79 Å². The fraction of sp³-hybridized carbons (Fsp3) is 0.263. The average molecular weight is 343 g/mol. The minimum atomic E-state index is -0.863. The number of hydrogen-bond acceptors (Lipinski definition) is 4. The first-order valence-electron chi connectivity index (χ1n) is 7.86. The van der Waals surface area contributed by atoms with Crippen molar-refractivity contribution in [2.75, 3.05) is 19.5 Å². The number of hydrogen-bond donors (Lipinski definition) is 2. The van der Waals surface area contributed by atoms with Gasteiger partial charge in [0.15, 0.2) is 0 Å². The fourth-order valence-electron chi connectivity index (χ4n) is 2.62. The molecule has 1 atom stereocenters. The Labute approximate surface area is 146 Å². The topological polar surface area (TPSA) is 84.9 Å². The second-order valence-corrected chi connectivity index (χ2v) is 5.41. The van der Waals surface area contributed by atoms with Crippen LogP contribution < -0.4 is 14.8 Å². The number of carboxylic acids is 1. The number of aliphatic carboxylic acids is 1. The molecule has 1 unspecified atom stereocenters. The van der Waals surface area contributed by atoms with Crippen LogP contribution in [0.4, 0.5) is 5.69 Å². The highest BCUT2D eigenvalue weighted by Gasteiger charge is 2.19. The van der Waals surface area contributed by atoms with Crippen LogP contribution in [0.2, 0.25) is 0 Å². The molecule has 6 heteroatoms. The van der Waals surface area contributed by atoms with Gasteiger partial charge in [-0.3, -0.25) is 9.59 Å². The first-order valence-corrected chi connectivity index (χ1v) is 7.86. The molecule has 0 heterocycles. The van der Waals surface area contributed by atoms with Gasteiger partial charge in [0.1, 0.15) is 17.1 Å². The largest absolute Gasteiger partial charge is 0.496 e. The summed E-state index contributed by atoms with van der Waals surface area (Å²) in [7, 11) is 2.97. The van der Waals surface area contributed by atoms with E-state index in [1.54, 1.807) is 42.5 Å². The van der Waals surface area contributed by atoms with Gasteiger partial charge in [-0.25, -0.2) is 0 Å². The average Bonchev–Trinajstić information content (AvgIpc) is 2.62. The molecule has 2 aromatic carbocycles.